The Morgan fingerprint density at radius 1 is 1.30 bits per heavy atom. The van der Waals surface area contributed by atoms with E-state index in [4.69, 9.17) is 27.4 Å². The van der Waals surface area contributed by atoms with Crippen molar-refractivity contribution in [2.75, 3.05) is 14.2 Å². The second kappa shape index (κ2) is 7.69. The van der Waals surface area contributed by atoms with E-state index in [9.17, 15) is 4.79 Å². The van der Waals surface area contributed by atoms with Crippen molar-refractivity contribution in [3.8, 4) is 11.5 Å². The van der Waals surface area contributed by atoms with Gasteiger partial charge in [-0.05, 0) is 18.6 Å². The van der Waals surface area contributed by atoms with Gasteiger partial charge in [0, 0.05) is 11.6 Å². The van der Waals surface area contributed by atoms with Crippen LogP contribution in [0.1, 0.15) is 30.1 Å². The van der Waals surface area contributed by atoms with Crippen LogP contribution in [0.3, 0.4) is 0 Å². The molecule has 20 heavy (non-hydrogen) atoms. The Kier molecular flexibility index (Phi) is 6.24. The molecule has 0 radical (unpaired) electrons. The highest BCUT2D eigenvalue weighted by atomic mass is 32.1. The fourth-order valence-corrected chi connectivity index (χ4v) is 1.93. The van der Waals surface area contributed by atoms with E-state index in [-0.39, 0.29) is 16.9 Å². The second-order valence-corrected chi connectivity index (χ2v) is 4.79. The predicted octanol–water partition coefficient (Wildman–Crippen LogP) is 1.89. The van der Waals surface area contributed by atoms with E-state index >= 15 is 0 Å². The van der Waals surface area contributed by atoms with E-state index < -0.39 is 0 Å². The zero-order valence-electron chi connectivity index (χ0n) is 11.9. The number of methoxy groups -OCH3 is 2. The summed E-state index contributed by atoms with van der Waals surface area (Å²) in [6.45, 7) is 2.01. The van der Waals surface area contributed by atoms with Gasteiger partial charge < -0.3 is 20.5 Å². The van der Waals surface area contributed by atoms with E-state index in [0.717, 1.165) is 6.42 Å². The molecule has 1 aromatic rings. The van der Waals surface area contributed by atoms with Crippen molar-refractivity contribution in [1.82, 2.24) is 5.32 Å². The fourth-order valence-electron chi connectivity index (χ4n) is 1.75. The number of nitrogens with one attached hydrogen (secondary N) is 1. The van der Waals surface area contributed by atoms with E-state index in [0.29, 0.717) is 23.5 Å². The van der Waals surface area contributed by atoms with Crippen LogP contribution in [-0.4, -0.2) is 31.2 Å². The summed E-state index contributed by atoms with van der Waals surface area (Å²) in [5.74, 6) is 0.849. The smallest absolute Gasteiger partial charge is 0.252 e. The number of thiocarbonyl (C=S) groups is 1. The summed E-state index contributed by atoms with van der Waals surface area (Å²) in [4.78, 5) is 12.5. The molecule has 0 spiro atoms. The molecule has 1 aromatic carbocycles. The maximum Gasteiger partial charge on any atom is 0.252 e. The average Bonchev–Trinajstić information content (AvgIpc) is 2.45. The quantitative estimate of drug-likeness (QED) is 0.752. The number of rotatable bonds is 7. The number of hydrogen-bond acceptors (Lipinski definition) is 4. The molecule has 1 rings (SSSR count). The Labute approximate surface area is 124 Å². The predicted molar refractivity (Wildman–Crippen MR) is 82.5 cm³/mol. The highest BCUT2D eigenvalue weighted by molar-refractivity contribution is 7.80. The molecule has 0 aliphatic rings. The van der Waals surface area contributed by atoms with Gasteiger partial charge in [-0.3, -0.25) is 4.79 Å². The Morgan fingerprint density at radius 2 is 1.85 bits per heavy atom. The topological polar surface area (TPSA) is 73.6 Å². The van der Waals surface area contributed by atoms with Crippen LogP contribution in [-0.2, 0) is 0 Å². The lowest BCUT2D eigenvalue weighted by Gasteiger charge is -2.17. The minimum absolute atomic E-state index is 0.256. The van der Waals surface area contributed by atoms with Crippen molar-refractivity contribution in [2.24, 2.45) is 5.73 Å². The molecule has 0 fully saturated rings. The molecular weight excluding hydrogens is 276 g/mol. The van der Waals surface area contributed by atoms with Crippen LogP contribution in [0, 0.1) is 0 Å². The van der Waals surface area contributed by atoms with Gasteiger partial charge >= 0.3 is 0 Å². The number of carbonyl (C=O) groups is 1. The zero-order valence-corrected chi connectivity index (χ0v) is 12.8. The summed E-state index contributed by atoms with van der Waals surface area (Å²) in [5, 5.41) is 2.82. The molecule has 1 unspecified atom stereocenters. The summed E-state index contributed by atoms with van der Waals surface area (Å²) in [7, 11) is 3.07. The molecule has 3 N–H and O–H groups in total. The minimum Gasteiger partial charge on any atom is -0.497 e. The SMILES string of the molecule is CCCC(NC(=O)c1cc(OC)cc(OC)c1)C(N)=S. The lowest BCUT2D eigenvalue weighted by atomic mass is 10.1. The van der Waals surface area contributed by atoms with Crippen LogP contribution in [0.5, 0.6) is 11.5 Å². The van der Waals surface area contributed by atoms with Gasteiger partial charge in [0.05, 0.1) is 25.2 Å². The van der Waals surface area contributed by atoms with Crippen molar-refractivity contribution in [2.45, 2.75) is 25.8 Å². The van der Waals surface area contributed by atoms with Gasteiger partial charge in [-0.15, -0.1) is 0 Å². The third-order valence-corrected chi connectivity index (χ3v) is 3.12. The summed E-state index contributed by atoms with van der Waals surface area (Å²) >= 11 is 4.96. The normalized spacial score (nSPS) is 11.6. The molecule has 0 aliphatic carbocycles. The molecule has 0 aliphatic heterocycles. The highest BCUT2D eigenvalue weighted by Gasteiger charge is 2.16. The van der Waals surface area contributed by atoms with Gasteiger partial charge in [0.1, 0.15) is 11.5 Å². The molecule has 6 heteroatoms. The van der Waals surface area contributed by atoms with Crippen molar-refractivity contribution in [1.29, 1.82) is 0 Å². The monoisotopic (exact) mass is 296 g/mol. The molecule has 1 amide bonds. The zero-order chi connectivity index (χ0) is 15.1. The molecule has 0 saturated heterocycles. The first-order chi connectivity index (χ1) is 9.51. The van der Waals surface area contributed by atoms with Crippen LogP contribution in [0.4, 0.5) is 0 Å². The van der Waals surface area contributed by atoms with Crippen molar-refractivity contribution < 1.29 is 14.3 Å². The third-order valence-electron chi connectivity index (χ3n) is 2.84. The number of amides is 1. The Bertz CT molecular complexity index is 469. The van der Waals surface area contributed by atoms with Crippen LogP contribution >= 0.6 is 12.2 Å². The molecule has 110 valence electrons. The van der Waals surface area contributed by atoms with E-state index in [1.807, 2.05) is 6.92 Å². The lowest BCUT2D eigenvalue weighted by Crippen LogP contribution is -2.43. The summed E-state index contributed by atoms with van der Waals surface area (Å²) in [6, 6.07) is 4.68. The number of carbonyl (C=O) groups excluding carboxylic acids is 1. The minimum atomic E-state index is -0.306. The standard InChI is InChI=1S/C14H20N2O3S/c1-4-5-12(13(15)20)16-14(17)9-6-10(18-2)8-11(7-9)19-3/h6-8,12H,4-5H2,1-3H3,(H2,15,20)(H,16,17). The maximum atomic E-state index is 12.2. The Morgan fingerprint density at radius 3 is 2.25 bits per heavy atom. The lowest BCUT2D eigenvalue weighted by molar-refractivity contribution is 0.0945. The first-order valence-corrected chi connectivity index (χ1v) is 6.75. The van der Waals surface area contributed by atoms with E-state index in [1.54, 1.807) is 18.2 Å². The highest BCUT2D eigenvalue weighted by Crippen LogP contribution is 2.22. The summed E-state index contributed by atoms with van der Waals surface area (Å²) < 4.78 is 10.3. The second-order valence-electron chi connectivity index (χ2n) is 4.32. The summed E-state index contributed by atoms with van der Waals surface area (Å²) in [5.41, 5.74) is 6.07. The number of benzene rings is 1. The van der Waals surface area contributed by atoms with E-state index in [1.165, 1.54) is 14.2 Å². The van der Waals surface area contributed by atoms with Gasteiger partial charge in [0.25, 0.3) is 5.91 Å². The van der Waals surface area contributed by atoms with E-state index in [2.05, 4.69) is 5.32 Å². The fraction of sp³-hybridized carbons (Fsp3) is 0.429. The van der Waals surface area contributed by atoms with Crippen LogP contribution in [0.15, 0.2) is 18.2 Å². The number of ether oxygens (including phenoxy) is 2. The van der Waals surface area contributed by atoms with Crippen LogP contribution in [0.2, 0.25) is 0 Å². The van der Waals surface area contributed by atoms with Gasteiger partial charge in [0.15, 0.2) is 0 Å². The number of hydrogen-bond donors (Lipinski definition) is 2. The molecule has 0 bridgehead atoms. The maximum absolute atomic E-state index is 12.2. The van der Waals surface area contributed by atoms with Gasteiger partial charge in [-0.25, -0.2) is 0 Å². The van der Waals surface area contributed by atoms with Crippen molar-refractivity contribution in [3.05, 3.63) is 23.8 Å². The molecular formula is C14H20N2O3S. The molecule has 0 heterocycles. The number of nitrogens with two attached hydrogens (primary N) is 1. The van der Waals surface area contributed by atoms with Gasteiger partial charge in [-0.2, -0.15) is 0 Å². The molecule has 1 atom stereocenters. The average molecular weight is 296 g/mol. The molecule has 0 saturated carbocycles. The first-order valence-electron chi connectivity index (χ1n) is 6.35. The summed E-state index contributed by atoms with van der Waals surface area (Å²) in [6.07, 6.45) is 1.59. The Balaban J connectivity index is 2.93. The molecule has 5 nitrogen and oxygen atoms in total. The van der Waals surface area contributed by atoms with Gasteiger partial charge in [-0.1, -0.05) is 25.6 Å². The third kappa shape index (κ3) is 4.38. The van der Waals surface area contributed by atoms with Crippen LogP contribution < -0.4 is 20.5 Å². The Hall–Kier alpha value is -1.82. The van der Waals surface area contributed by atoms with Crippen LogP contribution in [0.25, 0.3) is 0 Å². The first kappa shape index (κ1) is 16.2. The van der Waals surface area contributed by atoms with Gasteiger partial charge in [0.2, 0.25) is 0 Å². The van der Waals surface area contributed by atoms with Crippen molar-refractivity contribution >= 4 is 23.1 Å². The van der Waals surface area contributed by atoms with Crippen molar-refractivity contribution in [3.63, 3.8) is 0 Å². The molecule has 0 aromatic heterocycles. The largest absolute Gasteiger partial charge is 0.497 e.